The number of halogens is 1. The Morgan fingerprint density at radius 1 is 1.56 bits per heavy atom. The summed E-state index contributed by atoms with van der Waals surface area (Å²) >= 11 is 0. The number of nitriles is 1. The Morgan fingerprint density at radius 2 is 2.38 bits per heavy atom. The number of amides is 1. The van der Waals surface area contributed by atoms with Gasteiger partial charge in [0.05, 0.1) is 12.6 Å². The van der Waals surface area contributed by atoms with Crippen LogP contribution in [-0.2, 0) is 4.79 Å². The van der Waals surface area contributed by atoms with Crippen LogP contribution in [0.25, 0.3) is 0 Å². The van der Waals surface area contributed by atoms with Crippen molar-refractivity contribution in [1.29, 1.82) is 5.26 Å². The third-order valence-corrected chi connectivity index (χ3v) is 1.73. The molecular weight excluding hydrogens is 211 g/mol. The Hall–Kier alpha value is -2.09. The second-order valence-electron chi connectivity index (χ2n) is 2.99. The number of ether oxygens (including phenoxy) is 1. The van der Waals surface area contributed by atoms with Gasteiger partial charge < -0.3 is 10.1 Å². The number of hydrogen-bond donors (Lipinski definition) is 1. The van der Waals surface area contributed by atoms with Crippen molar-refractivity contribution in [2.45, 2.75) is 6.42 Å². The molecule has 0 heterocycles. The van der Waals surface area contributed by atoms with E-state index in [0.29, 0.717) is 5.75 Å². The summed E-state index contributed by atoms with van der Waals surface area (Å²) in [6.45, 7) is 0.525. The predicted octanol–water partition coefficient (Wildman–Crippen LogP) is 1.23. The summed E-state index contributed by atoms with van der Waals surface area (Å²) in [5.74, 6) is -0.300. The lowest BCUT2D eigenvalue weighted by Crippen LogP contribution is -2.27. The van der Waals surface area contributed by atoms with Gasteiger partial charge in [0.1, 0.15) is 24.6 Å². The topological polar surface area (TPSA) is 62.1 Å². The van der Waals surface area contributed by atoms with Crippen LogP contribution in [0.15, 0.2) is 24.3 Å². The number of benzene rings is 1. The molecule has 1 aromatic carbocycles. The third kappa shape index (κ3) is 4.42. The Kier molecular flexibility index (Phi) is 4.80. The molecule has 1 aromatic rings. The maximum Gasteiger partial charge on any atom is 0.234 e. The molecule has 0 fully saturated rings. The van der Waals surface area contributed by atoms with Crippen molar-refractivity contribution in [3.63, 3.8) is 0 Å². The smallest absolute Gasteiger partial charge is 0.234 e. The Bertz CT molecular complexity index is 401. The van der Waals surface area contributed by atoms with E-state index in [1.807, 2.05) is 0 Å². The summed E-state index contributed by atoms with van der Waals surface area (Å²) in [5.41, 5.74) is 0. The highest BCUT2D eigenvalue weighted by Gasteiger charge is 1.99. The molecule has 0 aliphatic heterocycles. The molecule has 4 nitrogen and oxygen atoms in total. The van der Waals surface area contributed by atoms with Crippen molar-refractivity contribution >= 4 is 5.91 Å². The molecule has 0 aliphatic rings. The van der Waals surface area contributed by atoms with Crippen molar-refractivity contribution in [1.82, 2.24) is 5.32 Å². The largest absolute Gasteiger partial charge is 0.492 e. The van der Waals surface area contributed by atoms with Gasteiger partial charge in [-0.1, -0.05) is 6.07 Å². The quantitative estimate of drug-likeness (QED) is 0.762. The number of nitrogens with one attached hydrogen (secondary N) is 1. The number of carbonyl (C=O) groups is 1. The second-order valence-corrected chi connectivity index (χ2v) is 2.99. The number of hydrogen-bond acceptors (Lipinski definition) is 3. The fraction of sp³-hybridized carbons (Fsp3) is 0.273. The zero-order valence-electron chi connectivity index (χ0n) is 8.57. The lowest BCUT2D eigenvalue weighted by atomic mass is 10.3. The minimum atomic E-state index is -0.369. The first-order valence-electron chi connectivity index (χ1n) is 4.74. The van der Waals surface area contributed by atoms with Gasteiger partial charge in [-0.25, -0.2) is 4.39 Å². The van der Waals surface area contributed by atoms with E-state index in [1.165, 1.54) is 12.1 Å². The third-order valence-electron chi connectivity index (χ3n) is 1.73. The lowest BCUT2D eigenvalue weighted by Gasteiger charge is -2.06. The molecule has 1 N–H and O–H groups in total. The SMILES string of the molecule is N#CCC(=O)NCCOc1cccc(F)c1. The Labute approximate surface area is 92.6 Å². The highest BCUT2D eigenvalue weighted by molar-refractivity contribution is 5.77. The first-order valence-corrected chi connectivity index (χ1v) is 4.74. The highest BCUT2D eigenvalue weighted by Crippen LogP contribution is 2.11. The van der Waals surface area contributed by atoms with E-state index >= 15 is 0 Å². The Balaban J connectivity index is 2.21. The molecular formula is C11H11FN2O2. The van der Waals surface area contributed by atoms with Gasteiger partial charge in [-0.2, -0.15) is 5.26 Å². The van der Waals surface area contributed by atoms with Crippen LogP contribution >= 0.6 is 0 Å². The standard InChI is InChI=1S/C11H11FN2O2/c12-9-2-1-3-10(8-9)16-7-6-14-11(15)4-5-13/h1-3,8H,4,6-7H2,(H,14,15). The van der Waals surface area contributed by atoms with Crippen LogP contribution in [0.2, 0.25) is 0 Å². The molecule has 0 spiro atoms. The van der Waals surface area contributed by atoms with Crippen LogP contribution < -0.4 is 10.1 Å². The van der Waals surface area contributed by atoms with Gasteiger partial charge in [0.2, 0.25) is 5.91 Å². The summed E-state index contributed by atoms with van der Waals surface area (Å²) in [7, 11) is 0. The summed E-state index contributed by atoms with van der Waals surface area (Å²) in [5, 5.41) is 10.7. The first kappa shape index (κ1) is 12.0. The summed E-state index contributed by atoms with van der Waals surface area (Å²) in [6.07, 6.45) is -0.167. The van der Waals surface area contributed by atoms with E-state index in [9.17, 15) is 9.18 Å². The number of carbonyl (C=O) groups excluding carboxylic acids is 1. The van der Waals surface area contributed by atoms with Crippen LogP contribution in [0.4, 0.5) is 4.39 Å². The van der Waals surface area contributed by atoms with Crippen LogP contribution in [0.5, 0.6) is 5.75 Å². The average molecular weight is 222 g/mol. The molecule has 84 valence electrons. The molecule has 0 saturated heterocycles. The minimum absolute atomic E-state index is 0.167. The van der Waals surface area contributed by atoms with Crippen molar-refractivity contribution in [2.75, 3.05) is 13.2 Å². The normalized spacial score (nSPS) is 9.25. The Morgan fingerprint density at radius 3 is 3.06 bits per heavy atom. The monoisotopic (exact) mass is 222 g/mol. The van der Waals surface area contributed by atoms with Crippen LogP contribution in [-0.4, -0.2) is 19.1 Å². The zero-order chi connectivity index (χ0) is 11.8. The second kappa shape index (κ2) is 6.40. The molecule has 0 saturated carbocycles. The first-order chi connectivity index (χ1) is 7.72. The minimum Gasteiger partial charge on any atom is -0.492 e. The van der Waals surface area contributed by atoms with Crippen molar-refractivity contribution in [2.24, 2.45) is 0 Å². The summed E-state index contributed by atoms with van der Waals surface area (Å²) in [4.78, 5) is 10.9. The fourth-order valence-electron chi connectivity index (χ4n) is 1.05. The van der Waals surface area contributed by atoms with E-state index in [-0.39, 0.29) is 31.3 Å². The van der Waals surface area contributed by atoms with E-state index in [1.54, 1.807) is 18.2 Å². The molecule has 0 radical (unpaired) electrons. The number of rotatable bonds is 5. The van der Waals surface area contributed by atoms with Crippen molar-refractivity contribution in [3.05, 3.63) is 30.1 Å². The molecule has 1 rings (SSSR count). The van der Waals surface area contributed by atoms with Crippen molar-refractivity contribution < 1.29 is 13.9 Å². The molecule has 16 heavy (non-hydrogen) atoms. The zero-order valence-corrected chi connectivity index (χ0v) is 8.57. The average Bonchev–Trinajstić information content (AvgIpc) is 2.25. The molecule has 0 unspecified atom stereocenters. The van der Waals surface area contributed by atoms with E-state index < -0.39 is 0 Å². The van der Waals surface area contributed by atoms with Crippen LogP contribution in [0, 0.1) is 17.1 Å². The van der Waals surface area contributed by atoms with E-state index in [0.717, 1.165) is 0 Å². The van der Waals surface area contributed by atoms with Gasteiger partial charge in [-0.15, -0.1) is 0 Å². The van der Waals surface area contributed by atoms with Gasteiger partial charge in [0, 0.05) is 6.07 Å². The molecule has 1 amide bonds. The van der Waals surface area contributed by atoms with Crippen LogP contribution in [0.3, 0.4) is 0 Å². The van der Waals surface area contributed by atoms with E-state index in [4.69, 9.17) is 10.00 Å². The van der Waals surface area contributed by atoms with Crippen molar-refractivity contribution in [3.8, 4) is 11.8 Å². The highest BCUT2D eigenvalue weighted by atomic mass is 19.1. The lowest BCUT2D eigenvalue weighted by molar-refractivity contribution is -0.120. The number of nitrogens with zero attached hydrogens (tertiary/aromatic N) is 1. The van der Waals surface area contributed by atoms with E-state index in [2.05, 4.69) is 5.32 Å². The molecule has 0 bridgehead atoms. The fourth-order valence-corrected chi connectivity index (χ4v) is 1.05. The molecule has 0 aromatic heterocycles. The van der Waals surface area contributed by atoms with Gasteiger partial charge in [0.25, 0.3) is 0 Å². The van der Waals surface area contributed by atoms with Gasteiger partial charge in [-0.3, -0.25) is 4.79 Å². The maximum absolute atomic E-state index is 12.7. The molecule has 0 aliphatic carbocycles. The van der Waals surface area contributed by atoms with Crippen LogP contribution in [0.1, 0.15) is 6.42 Å². The van der Waals surface area contributed by atoms with Gasteiger partial charge >= 0.3 is 0 Å². The summed E-state index contributed by atoms with van der Waals surface area (Å²) in [6, 6.07) is 7.48. The summed E-state index contributed by atoms with van der Waals surface area (Å²) < 4.78 is 17.9. The predicted molar refractivity (Wildman–Crippen MR) is 55.1 cm³/mol. The van der Waals surface area contributed by atoms with Gasteiger partial charge in [-0.05, 0) is 12.1 Å². The molecule has 0 atom stereocenters. The molecule has 5 heteroatoms. The van der Waals surface area contributed by atoms with Gasteiger partial charge in [0.15, 0.2) is 0 Å². The maximum atomic E-state index is 12.7.